The van der Waals surface area contributed by atoms with Gasteiger partial charge >= 0.3 is 0 Å². The molecule has 1 amide bonds. The molecule has 0 unspecified atom stereocenters. The molecular formula is C33H40N8O2. The maximum atomic E-state index is 13.1. The monoisotopic (exact) mass is 580 g/mol. The maximum absolute atomic E-state index is 13.1. The first-order valence-electron chi connectivity index (χ1n) is 15.6. The van der Waals surface area contributed by atoms with Crippen LogP contribution in [0.4, 0.5) is 11.5 Å². The van der Waals surface area contributed by atoms with Gasteiger partial charge in [0.1, 0.15) is 23.5 Å². The molecule has 3 fully saturated rings. The number of anilines is 2. The van der Waals surface area contributed by atoms with Gasteiger partial charge in [-0.3, -0.25) is 14.7 Å². The average molecular weight is 581 g/mol. The molecule has 0 bridgehead atoms. The number of carbonyl (C=O) groups is 1. The molecule has 0 aliphatic carbocycles. The van der Waals surface area contributed by atoms with Crippen LogP contribution < -0.4 is 10.2 Å². The number of amides is 1. The summed E-state index contributed by atoms with van der Waals surface area (Å²) in [6.45, 7) is 12.1. The Bertz CT molecular complexity index is 1570. The van der Waals surface area contributed by atoms with E-state index in [1.165, 1.54) is 38.9 Å². The number of nitrogens with one attached hydrogen (secondary N) is 2. The van der Waals surface area contributed by atoms with Gasteiger partial charge in [-0.05, 0) is 73.8 Å². The van der Waals surface area contributed by atoms with Crippen molar-refractivity contribution >= 4 is 28.4 Å². The topological polar surface area (TPSA) is 103 Å². The fourth-order valence-electron chi connectivity index (χ4n) is 7.08. The van der Waals surface area contributed by atoms with Crippen molar-refractivity contribution < 1.29 is 9.53 Å². The Kier molecular flexibility index (Phi) is 7.81. The Labute approximate surface area is 252 Å². The number of piperidine rings is 1. The molecular weight excluding hydrogens is 540 g/mol. The van der Waals surface area contributed by atoms with Crippen LogP contribution in [0.5, 0.6) is 0 Å². The Morgan fingerprint density at radius 2 is 1.81 bits per heavy atom. The Balaban J connectivity index is 0.974. The predicted molar refractivity (Wildman–Crippen MR) is 168 cm³/mol. The van der Waals surface area contributed by atoms with Crippen molar-refractivity contribution in [2.75, 3.05) is 69.2 Å². The number of hydrogen-bond donors (Lipinski definition) is 2. The Hall–Kier alpha value is -3.86. The minimum Gasteiger partial charge on any atom is -0.378 e. The van der Waals surface area contributed by atoms with E-state index in [1.54, 1.807) is 12.5 Å². The van der Waals surface area contributed by atoms with E-state index in [4.69, 9.17) is 4.74 Å². The lowest BCUT2D eigenvalue weighted by Gasteiger charge is -2.55. The van der Waals surface area contributed by atoms with Crippen LogP contribution in [0, 0.1) is 5.41 Å². The van der Waals surface area contributed by atoms with Gasteiger partial charge < -0.3 is 24.8 Å². The molecule has 0 atom stereocenters. The largest absolute Gasteiger partial charge is 0.378 e. The molecule has 10 nitrogen and oxygen atoms in total. The number of benzene rings is 1. The zero-order chi connectivity index (χ0) is 29.2. The van der Waals surface area contributed by atoms with Crippen molar-refractivity contribution in [3.8, 4) is 11.3 Å². The van der Waals surface area contributed by atoms with Crippen LogP contribution in [-0.2, 0) is 11.3 Å². The Morgan fingerprint density at radius 3 is 2.63 bits per heavy atom. The Morgan fingerprint density at radius 1 is 1.00 bits per heavy atom. The van der Waals surface area contributed by atoms with Gasteiger partial charge in [0.05, 0.1) is 18.6 Å². The van der Waals surface area contributed by atoms with Crippen LogP contribution >= 0.6 is 0 Å². The van der Waals surface area contributed by atoms with Crippen molar-refractivity contribution in [1.29, 1.82) is 0 Å². The number of rotatable bonds is 8. The molecule has 2 N–H and O–H groups in total. The van der Waals surface area contributed by atoms with Crippen molar-refractivity contribution in [1.82, 2.24) is 29.7 Å². The molecule has 0 radical (unpaired) electrons. The van der Waals surface area contributed by atoms with Crippen LogP contribution in [0.25, 0.3) is 22.3 Å². The van der Waals surface area contributed by atoms with E-state index >= 15 is 0 Å². The van der Waals surface area contributed by atoms with Gasteiger partial charge in [-0.1, -0.05) is 19.1 Å². The average Bonchev–Trinajstić information content (AvgIpc) is 3.46. The number of carbonyl (C=O) groups excluding carboxylic acids is 1. The zero-order valence-electron chi connectivity index (χ0n) is 24.9. The second kappa shape index (κ2) is 12.0. The SMILES string of the molecule is CCCN1CCCC2(C1)CN(Cc1ccnc(C(=O)Nc3ccc(-c4cc5c(N6CCOCC6)ncnc5[nH]4)cc3)c1)C2. The number of likely N-dealkylation sites (tertiary alicyclic amines) is 2. The molecule has 224 valence electrons. The standard InChI is InChI=1S/C33H40N8O2/c1-2-11-39-12-3-9-33(20-39)21-40(22-33)19-24-8-10-34-29(17-24)32(42)37-26-6-4-25(5-7-26)28-18-27-30(38-28)35-23-36-31(27)41-13-15-43-16-14-41/h4-8,10,17-18,23H,2-3,9,11-16,19-22H2,1H3,(H,37,42)(H,35,36,38). The summed E-state index contributed by atoms with van der Waals surface area (Å²) in [4.78, 5) is 37.3. The predicted octanol–water partition coefficient (Wildman–Crippen LogP) is 4.42. The highest BCUT2D eigenvalue weighted by atomic mass is 16.5. The molecule has 0 saturated carbocycles. The van der Waals surface area contributed by atoms with Crippen molar-refractivity contribution in [3.05, 3.63) is 66.2 Å². The van der Waals surface area contributed by atoms with Crippen LogP contribution in [0.15, 0.2) is 55.0 Å². The fourth-order valence-corrected chi connectivity index (χ4v) is 7.08. The molecule has 10 heteroatoms. The number of H-pyrrole nitrogens is 1. The molecule has 1 spiro atoms. The highest BCUT2D eigenvalue weighted by Crippen LogP contribution is 2.39. The third-order valence-electron chi connectivity index (χ3n) is 9.03. The third-order valence-corrected chi connectivity index (χ3v) is 9.03. The van der Waals surface area contributed by atoms with E-state index in [2.05, 4.69) is 52.9 Å². The first-order chi connectivity index (χ1) is 21.1. The smallest absolute Gasteiger partial charge is 0.274 e. The minimum atomic E-state index is -0.201. The van der Waals surface area contributed by atoms with E-state index in [0.29, 0.717) is 24.3 Å². The molecule has 43 heavy (non-hydrogen) atoms. The summed E-state index contributed by atoms with van der Waals surface area (Å²) in [6.07, 6.45) is 7.21. The number of aromatic nitrogens is 4. The molecule has 6 heterocycles. The summed E-state index contributed by atoms with van der Waals surface area (Å²) < 4.78 is 5.50. The summed E-state index contributed by atoms with van der Waals surface area (Å²) >= 11 is 0. The molecule has 3 saturated heterocycles. The van der Waals surface area contributed by atoms with E-state index in [0.717, 1.165) is 72.1 Å². The van der Waals surface area contributed by atoms with Crippen LogP contribution in [0.1, 0.15) is 42.2 Å². The van der Waals surface area contributed by atoms with E-state index in [1.807, 2.05) is 36.4 Å². The second-order valence-electron chi connectivity index (χ2n) is 12.3. The van der Waals surface area contributed by atoms with Gasteiger partial charge in [-0.2, -0.15) is 0 Å². The van der Waals surface area contributed by atoms with Crippen LogP contribution in [0.2, 0.25) is 0 Å². The van der Waals surface area contributed by atoms with Gasteiger partial charge in [-0.15, -0.1) is 0 Å². The van der Waals surface area contributed by atoms with Crippen molar-refractivity contribution in [2.45, 2.75) is 32.7 Å². The van der Waals surface area contributed by atoms with Crippen molar-refractivity contribution in [2.24, 2.45) is 5.41 Å². The van der Waals surface area contributed by atoms with Crippen LogP contribution in [0.3, 0.4) is 0 Å². The normalized spacial score (nSPS) is 19.0. The lowest BCUT2D eigenvalue weighted by molar-refractivity contribution is -0.0585. The van der Waals surface area contributed by atoms with E-state index in [9.17, 15) is 4.79 Å². The molecule has 3 aromatic heterocycles. The summed E-state index contributed by atoms with van der Waals surface area (Å²) in [5.41, 5.74) is 5.52. The molecule has 7 rings (SSSR count). The van der Waals surface area contributed by atoms with E-state index < -0.39 is 0 Å². The van der Waals surface area contributed by atoms with Gasteiger partial charge in [-0.25, -0.2) is 9.97 Å². The second-order valence-corrected chi connectivity index (χ2v) is 12.3. The number of hydrogen-bond acceptors (Lipinski definition) is 8. The first-order valence-corrected chi connectivity index (χ1v) is 15.6. The highest BCUT2D eigenvalue weighted by Gasteiger charge is 2.45. The van der Waals surface area contributed by atoms with Crippen molar-refractivity contribution in [3.63, 3.8) is 0 Å². The minimum absolute atomic E-state index is 0.201. The van der Waals surface area contributed by atoms with Crippen LogP contribution in [-0.4, -0.2) is 94.7 Å². The third kappa shape index (κ3) is 6.00. The number of pyridine rings is 1. The molecule has 1 aromatic carbocycles. The maximum Gasteiger partial charge on any atom is 0.274 e. The molecule has 3 aliphatic heterocycles. The molecule has 4 aromatic rings. The van der Waals surface area contributed by atoms with Gasteiger partial charge in [0.2, 0.25) is 0 Å². The number of nitrogens with zero attached hydrogens (tertiary/aromatic N) is 6. The van der Waals surface area contributed by atoms with Gasteiger partial charge in [0.25, 0.3) is 5.91 Å². The summed E-state index contributed by atoms with van der Waals surface area (Å²) in [6, 6.07) is 13.9. The lowest BCUT2D eigenvalue weighted by atomic mass is 9.73. The number of fused-ring (bicyclic) bond motifs is 1. The highest BCUT2D eigenvalue weighted by molar-refractivity contribution is 6.03. The fraction of sp³-hybridized carbons (Fsp3) is 0.455. The van der Waals surface area contributed by atoms with Gasteiger partial charge in [0, 0.05) is 62.3 Å². The quantitative estimate of drug-likeness (QED) is 0.316. The summed E-state index contributed by atoms with van der Waals surface area (Å²) in [5.74, 6) is 0.726. The van der Waals surface area contributed by atoms with E-state index in [-0.39, 0.29) is 5.91 Å². The lowest BCUT2D eigenvalue weighted by Crippen LogP contribution is -2.62. The number of aromatic amines is 1. The van der Waals surface area contributed by atoms with Gasteiger partial charge in [0.15, 0.2) is 0 Å². The first kappa shape index (κ1) is 27.9. The number of ether oxygens (including phenoxy) is 1. The summed E-state index contributed by atoms with van der Waals surface area (Å²) in [7, 11) is 0. The zero-order valence-corrected chi connectivity index (χ0v) is 24.9. The molecule has 3 aliphatic rings. The summed E-state index contributed by atoms with van der Waals surface area (Å²) in [5, 5.41) is 4.01. The number of morpholine rings is 1.